The second-order valence-corrected chi connectivity index (χ2v) is 9.71. The van der Waals surface area contributed by atoms with Gasteiger partial charge in [-0.25, -0.2) is 8.42 Å². The summed E-state index contributed by atoms with van der Waals surface area (Å²) < 4.78 is 27.2. The Kier molecular flexibility index (Phi) is 7.23. The van der Waals surface area contributed by atoms with E-state index >= 15 is 0 Å². The molecular weight excluding hydrogens is 368 g/mol. The summed E-state index contributed by atoms with van der Waals surface area (Å²) in [5.74, 6) is 0.605. The lowest BCUT2D eigenvalue weighted by Crippen LogP contribution is -2.33. The van der Waals surface area contributed by atoms with Crippen LogP contribution in [-0.2, 0) is 21.2 Å². The fourth-order valence-electron chi connectivity index (χ4n) is 2.48. The van der Waals surface area contributed by atoms with Gasteiger partial charge in [-0.2, -0.15) is 0 Å². The van der Waals surface area contributed by atoms with Gasteiger partial charge in [0.1, 0.15) is 4.21 Å². The number of nitrogens with one attached hydrogen (secondary N) is 2. The third-order valence-electron chi connectivity index (χ3n) is 3.92. The predicted molar refractivity (Wildman–Crippen MR) is 107 cm³/mol. The highest BCUT2D eigenvalue weighted by atomic mass is 32.2. The molecule has 0 spiro atoms. The summed E-state index contributed by atoms with van der Waals surface area (Å²) in [5.41, 5.74) is 1.32. The van der Waals surface area contributed by atoms with E-state index in [0.717, 1.165) is 18.4 Å². The van der Waals surface area contributed by atoms with E-state index < -0.39 is 10.0 Å². The number of anilines is 1. The quantitative estimate of drug-likeness (QED) is 0.674. The maximum Gasteiger partial charge on any atom is 0.271 e. The van der Waals surface area contributed by atoms with Gasteiger partial charge in [0.15, 0.2) is 0 Å². The Balaban J connectivity index is 1.88. The molecule has 0 aliphatic heterocycles. The van der Waals surface area contributed by atoms with Crippen LogP contribution >= 0.6 is 11.3 Å². The lowest BCUT2D eigenvalue weighted by molar-refractivity contribution is -0.121. The average molecular weight is 395 g/mol. The van der Waals surface area contributed by atoms with E-state index in [4.69, 9.17) is 0 Å². The first-order chi connectivity index (χ1) is 12.3. The molecule has 0 radical (unpaired) electrons. The van der Waals surface area contributed by atoms with E-state index in [1.807, 2.05) is 6.92 Å². The first-order valence-electron chi connectivity index (χ1n) is 8.71. The van der Waals surface area contributed by atoms with E-state index in [1.54, 1.807) is 41.8 Å². The van der Waals surface area contributed by atoms with E-state index in [0.29, 0.717) is 11.6 Å². The molecule has 7 heteroatoms. The van der Waals surface area contributed by atoms with Crippen LogP contribution < -0.4 is 10.0 Å². The summed E-state index contributed by atoms with van der Waals surface area (Å²) in [5, 5.41) is 4.73. The van der Waals surface area contributed by atoms with Gasteiger partial charge in [0.2, 0.25) is 5.91 Å². The van der Waals surface area contributed by atoms with Crippen molar-refractivity contribution in [1.82, 2.24) is 5.32 Å². The standard InChI is InChI=1S/C19H26N2O3S2/c1-14(2)6-7-15(3)20-18(22)13-16-8-10-17(11-9-16)21-26(23,24)19-5-4-12-25-19/h4-5,8-12,14-15,21H,6-7,13H2,1-3H3,(H,20,22)/t15-/m0/s1. The molecule has 142 valence electrons. The van der Waals surface area contributed by atoms with Crippen LogP contribution in [0.25, 0.3) is 0 Å². The molecule has 26 heavy (non-hydrogen) atoms. The van der Waals surface area contributed by atoms with Gasteiger partial charge in [-0.1, -0.05) is 32.0 Å². The van der Waals surface area contributed by atoms with Crippen molar-refractivity contribution in [2.24, 2.45) is 5.92 Å². The van der Waals surface area contributed by atoms with Crippen LogP contribution in [0.5, 0.6) is 0 Å². The zero-order valence-electron chi connectivity index (χ0n) is 15.4. The maximum absolute atomic E-state index is 12.2. The summed E-state index contributed by atoms with van der Waals surface area (Å²) in [6.07, 6.45) is 2.33. The highest BCUT2D eigenvalue weighted by Crippen LogP contribution is 2.20. The molecule has 2 aromatic rings. The Morgan fingerprint density at radius 2 is 1.77 bits per heavy atom. The predicted octanol–water partition coefficient (Wildman–Crippen LogP) is 4.03. The number of hydrogen-bond acceptors (Lipinski definition) is 4. The summed E-state index contributed by atoms with van der Waals surface area (Å²) in [6, 6.07) is 10.3. The van der Waals surface area contributed by atoms with Gasteiger partial charge in [0.25, 0.3) is 10.0 Å². The SMILES string of the molecule is CC(C)CC[C@H](C)NC(=O)Cc1ccc(NS(=O)(=O)c2cccs2)cc1. The molecular formula is C19H26N2O3S2. The molecule has 0 aliphatic carbocycles. The number of amides is 1. The molecule has 2 N–H and O–H groups in total. The van der Waals surface area contributed by atoms with Gasteiger partial charge in [-0.05, 0) is 54.8 Å². The van der Waals surface area contributed by atoms with Gasteiger partial charge in [0.05, 0.1) is 6.42 Å². The number of thiophene rings is 1. The van der Waals surface area contributed by atoms with E-state index in [-0.39, 0.29) is 22.6 Å². The summed E-state index contributed by atoms with van der Waals surface area (Å²) in [4.78, 5) is 12.1. The molecule has 0 saturated carbocycles. The van der Waals surface area contributed by atoms with E-state index in [9.17, 15) is 13.2 Å². The largest absolute Gasteiger partial charge is 0.353 e. The maximum atomic E-state index is 12.2. The Hall–Kier alpha value is -1.86. The Morgan fingerprint density at radius 3 is 2.35 bits per heavy atom. The van der Waals surface area contributed by atoms with Gasteiger partial charge in [0, 0.05) is 11.7 Å². The van der Waals surface area contributed by atoms with E-state index in [1.165, 1.54) is 11.3 Å². The van der Waals surface area contributed by atoms with Gasteiger partial charge < -0.3 is 5.32 Å². The summed E-state index contributed by atoms with van der Waals surface area (Å²) >= 11 is 1.17. The molecule has 1 aromatic carbocycles. The zero-order valence-corrected chi connectivity index (χ0v) is 17.0. The van der Waals surface area contributed by atoms with Crippen LogP contribution in [0.1, 0.15) is 39.2 Å². The third-order valence-corrected chi connectivity index (χ3v) is 6.69. The number of sulfonamides is 1. The molecule has 2 rings (SSSR count). The highest BCUT2D eigenvalue weighted by Gasteiger charge is 2.15. The number of hydrogen-bond donors (Lipinski definition) is 2. The van der Waals surface area contributed by atoms with Crippen LogP contribution in [0.3, 0.4) is 0 Å². The van der Waals surface area contributed by atoms with Crippen LogP contribution in [0.4, 0.5) is 5.69 Å². The average Bonchev–Trinajstić information content (AvgIpc) is 3.10. The van der Waals surface area contributed by atoms with Gasteiger partial charge in [-0.3, -0.25) is 9.52 Å². The van der Waals surface area contributed by atoms with Crippen molar-refractivity contribution in [1.29, 1.82) is 0 Å². The van der Waals surface area contributed by atoms with Crippen LogP contribution in [-0.4, -0.2) is 20.4 Å². The Bertz CT molecular complexity index is 798. The monoisotopic (exact) mass is 394 g/mol. The lowest BCUT2D eigenvalue weighted by Gasteiger charge is -2.15. The Labute approximate surface area is 159 Å². The van der Waals surface area contributed by atoms with Crippen LogP contribution in [0.2, 0.25) is 0 Å². The van der Waals surface area contributed by atoms with Crippen molar-refractivity contribution in [3.05, 3.63) is 47.3 Å². The van der Waals surface area contributed by atoms with Crippen molar-refractivity contribution in [3.8, 4) is 0 Å². The van der Waals surface area contributed by atoms with Crippen molar-refractivity contribution < 1.29 is 13.2 Å². The minimum Gasteiger partial charge on any atom is -0.353 e. The van der Waals surface area contributed by atoms with Crippen molar-refractivity contribution in [3.63, 3.8) is 0 Å². The molecule has 0 aliphatic rings. The highest BCUT2D eigenvalue weighted by molar-refractivity contribution is 7.94. The second-order valence-electron chi connectivity index (χ2n) is 6.85. The molecule has 5 nitrogen and oxygen atoms in total. The lowest BCUT2D eigenvalue weighted by atomic mass is 10.0. The first kappa shape index (κ1) is 20.5. The second kappa shape index (κ2) is 9.19. The zero-order chi connectivity index (χ0) is 19.2. The number of benzene rings is 1. The number of carbonyl (C=O) groups is 1. The molecule has 1 aromatic heterocycles. The third kappa shape index (κ3) is 6.46. The topological polar surface area (TPSA) is 75.3 Å². The van der Waals surface area contributed by atoms with Gasteiger partial charge in [-0.15, -0.1) is 11.3 Å². The fraction of sp³-hybridized carbons (Fsp3) is 0.421. The summed E-state index contributed by atoms with van der Waals surface area (Å²) in [6.45, 7) is 6.36. The minimum absolute atomic E-state index is 0.0202. The van der Waals surface area contributed by atoms with Gasteiger partial charge >= 0.3 is 0 Å². The first-order valence-corrected chi connectivity index (χ1v) is 11.1. The van der Waals surface area contributed by atoms with Crippen molar-refractivity contribution in [2.75, 3.05) is 4.72 Å². The van der Waals surface area contributed by atoms with Crippen molar-refractivity contribution in [2.45, 2.75) is 50.3 Å². The molecule has 0 fully saturated rings. The minimum atomic E-state index is -3.55. The molecule has 0 bridgehead atoms. The van der Waals surface area contributed by atoms with Crippen LogP contribution in [0, 0.1) is 5.92 Å². The number of carbonyl (C=O) groups excluding carboxylic acids is 1. The molecule has 1 heterocycles. The fourth-order valence-corrected chi connectivity index (χ4v) is 4.53. The van der Waals surface area contributed by atoms with Crippen LogP contribution in [0.15, 0.2) is 46.0 Å². The number of rotatable bonds is 9. The summed E-state index contributed by atoms with van der Waals surface area (Å²) in [7, 11) is -3.55. The van der Waals surface area contributed by atoms with E-state index in [2.05, 4.69) is 23.9 Å². The molecule has 0 unspecified atom stereocenters. The van der Waals surface area contributed by atoms with Crippen molar-refractivity contribution >= 4 is 33.0 Å². The molecule has 1 amide bonds. The smallest absolute Gasteiger partial charge is 0.271 e. The molecule has 1 atom stereocenters. The normalized spacial score (nSPS) is 12.8. The Morgan fingerprint density at radius 1 is 1.08 bits per heavy atom. The molecule has 0 saturated heterocycles.